The summed E-state index contributed by atoms with van der Waals surface area (Å²) in [5.74, 6) is 1.37. The molecule has 3 aromatic rings. The summed E-state index contributed by atoms with van der Waals surface area (Å²) in [6.45, 7) is 2.84. The lowest BCUT2D eigenvalue weighted by Gasteiger charge is -2.09. The molecular formula is C19H19ClN4. The Morgan fingerprint density at radius 3 is 2.67 bits per heavy atom. The predicted octanol–water partition coefficient (Wildman–Crippen LogP) is 4.84. The summed E-state index contributed by atoms with van der Waals surface area (Å²) in [6, 6.07) is 17.9. The first kappa shape index (κ1) is 16.3. The van der Waals surface area contributed by atoms with E-state index in [1.165, 1.54) is 11.1 Å². The van der Waals surface area contributed by atoms with Crippen LogP contribution in [-0.4, -0.2) is 16.5 Å². The molecule has 0 atom stereocenters. The summed E-state index contributed by atoms with van der Waals surface area (Å²) in [5.41, 5.74) is 3.39. The number of benzene rings is 2. The molecular weight excluding hydrogens is 320 g/mol. The third-order valence-corrected chi connectivity index (χ3v) is 3.81. The zero-order valence-electron chi connectivity index (χ0n) is 13.5. The topological polar surface area (TPSA) is 49.8 Å². The van der Waals surface area contributed by atoms with Crippen molar-refractivity contribution in [3.8, 4) is 0 Å². The van der Waals surface area contributed by atoms with E-state index in [0.717, 1.165) is 29.5 Å². The average Bonchev–Trinajstić information content (AvgIpc) is 2.58. The highest BCUT2D eigenvalue weighted by Crippen LogP contribution is 2.15. The van der Waals surface area contributed by atoms with Crippen molar-refractivity contribution in [3.63, 3.8) is 0 Å². The van der Waals surface area contributed by atoms with Crippen LogP contribution in [0.15, 0.2) is 60.8 Å². The van der Waals surface area contributed by atoms with Crippen molar-refractivity contribution in [1.29, 1.82) is 0 Å². The first-order chi connectivity index (χ1) is 11.7. The predicted molar refractivity (Wildman–Crippen MR) is 100 cm³/mol. The molecule has 2 N–H and O–H groups in total. The molecule has 3 rings (SSSR count). The highest BCUT2D eigenvalue weighted by atomic mass is 35.5. The fraction of sp³-hybridized carbons (Fsp3) is 0.158. The Kier molecular flexibility index (Phi) is 5.29. The maximum absolute atomic E-state index is 6.00. The molecule has 0 fully saturated rings. The zero-order valence-corrected chi connectivity index (χ0v) is 14.2. The summed E-state index contributed by atoms with van der Waals surface area (Å²) in [7, 11) is 0. The normalized spacial score (nSPS) is 10.4. The van der Waals surface area contributed by atoms with Crippen LogP contribution >= 0.6 is 11.6 Å². The minimum atomic E-state index is 0.576. The van der Waals surface area contributed by atoms with Gasteiger partial charge in [-0.3, -0.25) is 0 Å². The van der Waals surface area contributed by atoms with Crippen LogP contribution in [0.2, 0.25) is 5.02 Å². The molecule has 0 aliphatic heterocycles. The van der Waals surface area contributed by atoms with E-state index in [2.05, 4.69) is 45.7 Å². The number of hydrogen-bond donors (Lipinski definition) is 2. The minimum absolute atomic E-state index is 0.576. The second kappa shape index (κ2) is 7.79. The van der Waals surface area contributed by atoms with Crippen molar-refractivity contribution < 1.29 is 0 Å². The van der Waals surface area contributed by atoms with Gasteiger partial charge in [0.1, 0.15) is 5.82 Å². The van der Waals surface area contributed by atoms with Gasteiger partial charge in [-0.15, -0.1) is 0 Å². The smallest absolute Gasteiger partial charge is 0.229 e. The Morgan fingerprint density at radius 1 is 1.04 bits per heavy atom. The Balaban J connectivity index is 1.57. The molecule has 24 heavy (non-hydrogen) atoms. The van der Waals surface area contributed by atoms with Crippen molar-refractivity contribution in [2.45, 2.75) is 13.3 Å². The molecule has 0 amide bonds. The highest BCUT2D eigenvalue weighted by Gasteiger charge is 2.01. The zero-order chi connectivity index (χ0) is 16.8. The number of nitrogens with zero attached hydrogens (tertiary/aromatic N) is 2. The highest BCUT2D eigenvalue weighted by molar-refractivity contribution is 6.30. The first-order valence-corrected chi connectivity index (χ1v) is 8.22. The van der Waals surface area contributed by atoms with Crippen molar-refractivity contribution >= 4 is 29.1 Å². The second-order valence-electron chi connectivity index (χ2n) is 5.56. The van der Waals surface area contributed by atoms with E-state index in [9.17, 15) is 0 Å². The molecule has 0 radical (unpaired) electrons. The molecule has 1 aromatic heterocycles. The molecule has 5 heteroatoms. The van der Waals surface area contributed by atoms with Crippen molar-refractivity contribution in [2.75, 3.05) is 17.2 Å². The van der Waals surface area contributed by atoms with E-state index in [1.54, 1.807) is 6.20 Å². The number of aromatic nitrogens is 2. The average molecular weight is 339 g/mol. The van der Waals surface area contributed by atoms with E-state index in [-0.39, 0.29) is 0 Å². The molecule has 0 saturated carbocycles. The van der Waals surface area contributed by atoms with Crippen LogP contribution < -0.4 is 10.6 Å². The Morgan fingerprint density at radius 2 is 1.88 bits per heavy atom. The summed E-state index contributed by atoms with van der Waals surface area (Å²) >= 11 is 6.00. The van der Waals surface area contributed by atoms with Crippen LogP contribution in [0.1, 0.15) is 11.1 Å². The fourth-order valence-corrected chi connectivity index (χ4v) is 2.52. The minimum Gasteiger partial charge on any atom is -0.370 e. The molecule has 0 saturated heterocycles. The lowest BCUT2D eigenvalue weighted by molar-refractivity contribution is 1.00. The van der Waals surface area contributed by atoms with Crippen LogP contribution in [-0.2, 0) is 6.42 Å². The molecule has 0 bridgehead atoms. The van der Waals surface area contributed by atoms with Gasteiger partial charge in [0.05, 0.1) is 0 Å². The van der Waals surface area contributed by atoms with Crippen LogP contribution in [0.3, 0.4) is 0 Å². The van der Waals surface area contributed by atoms with Crippen LogP contribution in [0.25, 0.3) is 0 Å². The number of rotatable bonds is 6. The van der Waals surface area contributed by atoms with Crippen LogP contribution in [0, 0.1) is 6.92 Å². The maximum atomic E-state index is 6.00. The molecule has 122 valence electrons. The summed E-state index contributed by atoms with van der Waals surface area (Å²) in [4.78, 5) is 8.74. The van der Waals surface area contributed by atoms with Gasteiger partial charge in [-0.2, -0.15) is 4.98 Å². The second-order valence-corrected chi connectivity index (χ2v) is 6.00. The van der Waals surface area contributed by atoms with Crippen molar-refractivity contribution in [3.05, 3.63) is 76.9 Å². The molecule has 2 aromatic carbocycles. The fourth-order valence-electron chi connectivity index (χ4n) is 2.31. The molecule has 0 aliphatic carbocycles. The van der Waals surface area contributed by atoms with Gasteiger partial charge in [-0.1, -0.05) is 41.4 Å². The summed E-state index contributed by atoms with van der Waals surface area (Å²) in [6.07, 6.45) is 2.62. The lowest BCUT2D eigenvalue weighted by Crippen LogP contribution is -2.07. The van der Waals surface area contributed by atoms with Crippen molar-refractivity contribution in [1.82, 2.24) is 9.97 Å². The number of hydrogen-bond acceptors (Lipinski definition) is 4. The van der Waals surface area contributed by atoms with Gasteiger partial charge in [-0.05, 0) is 49.2 Å². The van der Waals surface area contributed by atoms with E-state index in [0.29, 0.717) is 5.95 Å². The maximum Gasteiger partial charge on any atom is 0.229 e. The standard InChI is InChI=1S/C19H19ClN4/c1-14-5-7-17(8-6-14)23-19-22-12-10-18(24-19)21-11-9-15-3-2-4-16(20)13-15/h2-8,10,12-13H,9,11H2,1H3,(H2,21,22,23,24). The number of nitrogens with one attached hydrogen (secondary N) is 2. The third kappa shape index (κ3) is 4.70. The van der Waals surface area contributed by atoms with Crippen LogP contribution in [0.5, 0.6) is 0 Å². The van der Waals surface area contributed by atoms with Gasteiger partial charge in [0.15, 0.2) is 0 Å². The molecule has 1 heterocycles. The number of aryl methyl sites for hydroxylation is 1. The van der Waals surface area contributed by atoms with Gasteiger partial charge >= 0.3 is 0 Å². The van der Waals surface area contributed by atoms with Crippen molar-refractivity contribution in [2.24, 2.45) is 0 Å². The molecule has 0 spiro atoms. The largest absolute Gasteiger partial charge is 0.370 e. The van der Waals surface area contributed by atoms with E-state index < -0.39 is 0 Å². The molecule has 4 nitrogen and oxygen atoms in total. The van der Waals surface area contributed by atoms with Gasteiger partial charge in [0.2, 0.25) is 5.95 Å². The molecule has 0 aliphatic rings. The van der Waals surface area contributed by atoms with E-state index in [1.807, 2.05) is 36.4 Å². The number of halogens is 1. The van der Waals surface area contributed by atoms with Gasteiger partial charge < -0.3 is 10.6 Å². The van der Waals surface area contributed by atoms with Crippen LogP contribution in [0.4, 0.5) is 17.5 Å². The molecule has 0 unspecified atom stereocenters. The number of anilines is 3. The van der Waals surface area contributed by atoms with Gasteiger partial charge in [-0.25, -0.2) is 4.98 Å². The summed E-state index contributed by atoms with van der Waals surface area (Å²) in [5, 5.41) is 7.28. The van der Waals surface area contributed by atoms with E-state index >= 15 is 0 Å². The Labute approximate surface area is 146 Å². The quantitative estimate of drug-likeness (QED) is 0.675. The Bertz CT molecular complexity index is 802. The third-order valence-electron chi connectivity index (χ3n) is 3.57. The van der Waals surface area contributed by atoms with Gasteiger partial charge in [0.25, 0.3) is 0 Å². The first-order valence-electron chi connectivity index (χ1n) is 7.84. The monoisotopic (exact) mass is 338 g/mol. The van der Waals surface area contributed by atoms with Gasteiger partial charge in [0, 0.05) is 23.5 Å². The lowest BCUT2D eigenvalue weighted by atomic mass is 10.1. The SMILES string of the molecule is Cc1ccc(Nc2nccc(NCCc3cccc(Cl)c3)n2)cc1. The summed E-state index contributed by atoms with van der Waals surface area (Å²) < 4.78 is 0. The van der Waals surface area contributed by atoms with E-state index in [4.69, 9.17) is 11.6 Å². The Hall–Kier alpha value is -2.59.